The van der Waals surface area contributed by atoms with Crippen LogP contribution in [0.25, 0.3) is 0 Å². The fraction of sp³-hybridized carbons (Fsp3) is 0.385. The SMILES string of the molecule is CC[C@@H](NC(=O)CSCc1ccc(F)cc1)C(=O)O. The zero-order valence-corrected chi connectivity index (χ0v) is 11.4. The Labute approximate surface area is 115 Å². The highest BCUT2D eigenvalue weighted by Crippen LogP contribution is 2.12. The number of halogens is 1. The number of rotatable bonds is 7. The van der Waals surface area contributed by atoms with Crippen LogP contribution in [0.4, 0.5) is 4.39 Å². The maximum Gasteiger partial charge on any atom is 0.326 e. The van der Waals surface area contributed by atoms with Gasteiger partial charge in [0, 0.05) is 5.75 Å². The van der Waals surface area contributed by atoms with Crippen molar-refractivity contribution in [3.63, 3.8) is 0 Å². The Morgan fingerprint density at radius 3 is 2.53 bits per heavy atom. The first-order valence-corrected chi connectivity index (χ1v) is 7.02. The van der Waals surface area contributed by atoms with Gasteiger partial charge in [-0.2, -0.15) is 0 Å². The molecule has 0 fully saturated rings. The lowest BCUT2D eigenvalue weighted by atomic mass is 10.2. The summed E-state index contributed by atoms with van der Waals surface area (Å²) in [6.07, 6.45) is 0.351. The summed E-state index contributed by atoms with van der Waals surface area (Å²) in [5.41, 5.74) is 0.921. The highest BCUT2D eigenvalue weighted by Gasteiger charge is 2.17. The molecule has 0 aromatic heterocycles. The lowest BCUT2D eigenvalue weighted by Gasteiger charge is -2.11. The van der Waals surface area contributed by atoms with E-state index >= 15 is 0 Å². The van der Waals surface area contributed by atoms with E-state index in [0.717, 1.165) is 5.56 Å². The van der Waals surface area contributed by atoms with E-state index in [1.165, 1.54) is 23.9 Å². The van der Waals surface area contributed by atoms with E-state index in [0.29, 0.717) is 12.2 Å². The Kier molecular flexibility index (Phi) is 6.35. The second-order valence-corrected chi connectivity index (χ2v) is 4.97. The van der Waals surface area contributed by atoms with Gasteiger partial charge in [-0.05, 0) is 24.1 Å². The number of carbonyl (C=O) groups is 2. The van der Waals surface area contributed by atoms with Crippen molar-refractivity contribution in [2.75, 3.05) is 5.75 Å². The van der Waals surface area contributed by atoms with Gasteiger partial charge in [-0.25, -0.2) is 9.18 Å². The van der Waals surface area contributed by atoms with Gasteiger partial charge in [0.1, 0.15) is 11.9 Å². The Hall–Kier alpha value is -1.56. The minimum absolute atomic E-state index is 0.182. The summed E-state index contributed by atoms with van der Waals surface area (Å²) < 4.78 is 12.7. The first-order valence-electron chi connectivity index (χ1n) is 5.87. The molecule has 1 rings (SSSR count). The quantitative estimate of drug-likeness (QED) is 0.804. The number of carbonyl (C=O) groups excluding carboxylic acids is 1. The molecule has 0 aliphatic carbocycles. The van der Waals surface area contributed by atoms with Crippen LogP contribution < -0.4 is 5.32 Å². The largest absolute Gasteiger partial charge is 0.480 e. The molecule has 1 aromatic rings. The molecular weight excluding hydrogens is 269 g/mol. The summed E-state index contributed by atoms with van der Waals surface area (Å²) >= 11 is 1.36. The topological polar surface area (TPSA) is 66.4 Å². The van der Waals surface area contributed by atoms with Crippen LogP contribution in [0.5, 0.6) is 0 Å². The number of carboxylic acid groups (broad SMARTS) is 1. The van der Waals surface area contributed by atoms with Crippen molar-refractivity contribution in [2.24, 2.45) is 0 Å². The summed E-state index contributed by atoms with van der Waals surface area (Å²) in [7, 11) is 0. The van der Waals surface area contributed by atoms with Gasteiger partial charge in [0.25, 0.3) is 0 Å². The van der Waals surface area contributed by atoms with Crippen molar-refractivity contribution in [3.05, 3.63) is 35.6 Å². The number of benzene rings is 1. The molecule has 19 heavy (non-hydrogen) atoms. The predicted molar refractivity (Wildman–Crippen MR) is 72.4 cm³/mol. The molecule has 6 heteroatoms. The number of hydrogen-bond donors (Lipinski definition) is 2. The Morgan fingerprint density at radius 2 is 2.00 bits per heavy atom. The van der Waals surface area contributed by atoms with Crippen LogP contribution in [0.1, 0.15) is 18.9 Å². The lowest BCUT2D eigenvalue weighted by molar-refractivity contribution is -0.141. The van der Waals surface area contributed by atoms with E-state index in [2.05, 4.69) is 5.32 Å². The second-order valence-electron chi connectivity index (χ2n) is 3.99. The summed E-state index contributed by atoms with van der Waals surface area (Å²) in [5.74, 6) is -0.863. The molecule has 0 saturated heterocycles. The number of nitrogens with one attached hydrogen (secondary N) is 1. The van der Waals surface area contributed by atoms with Crippen molar-refractivity contribution in [1.82, 2.24) is 5.32 Å². The molecule has 4 nitrogen and oxygen atoms in total. The number of aliphatic carboxylic acids is 1. The first-order chi connectivity index (χ1) is 9.02. The smallest absolute Gasteiger partial charge is 0.326 e. The zero-order valence-electron chi connectivity index (χ0n) is 10.6. The molecule has 104 valence electrons. The molecule has 1 atom stereocenters. The summed E-state index contributed by atoms with van der Waals surface area (Å²) in [6, 6.07) is 5.22. The maximum absolute atomic E-state index is 12.7. The Balaban J connectivity index is 2.30. The van der Waals surface area contributed by atoms with Crippen LogP contribution >= 0.6 is 11.8 Å². The van der Waals surface area contributed by atoms with Crippen LogP contribution in [0.3, 0.4) is 0 Å². The summed E-state index contributed by atoms with van der Waals surface area (Å²) in [6.45, 7) is 1.70. The lowest BCUT2D eigenvalue weighted by Crippen LogP contribution is -2.41. The molecule has 0 heterocycles. The van der Waals surface area contributed by atoms with E-state index in [1.807, 2.05) is 0 Å². The molecule has 0 aliphatic heterocycles. The third-order valence-electron chi connectivity index (χ3n) is 2.46. The van der Waals surface area contributed by atoms with Crippen molar-refractivity contribution >= 4 is 23.6 Å². The molecular formula is C13H16FNO3S. The van der Waals surface area contributed by atoms with E-state index in [9.17, 15) is 14.0 Å². The van der Waals surface area contributed by atoms with Crippen LogP contribution in [-0.2, 0) is 15.3 Å². The van der Waals surface area contributed by atoms with Crippen LogP contribution in [-0.4, -0.2) is 28.8 Å². The second kappa shape index (κ2) is 7.78. The molecule has 0 bridgehead atoms. The molecule has 1 amide bonds. The van der Waals surface area contributed by atoms with Crippen LogP contribution in [0, 0.1) is 5.82 Å². The highest BCUT2D eigenvalue weighted by molar-refractivity contribution is 7.99. The van der Waals surface area contributed by atoms with E-state index in [1.54, 1.807) is 19.1 Å². The molecule has 0 unspecified atom stereocenters. The monoisotopic (exact) mass is 285 g/mol. The minimum Gasteiger partial charge on any atom is -0.480 e. The molecule has 0 spiro atoms. The van der Waals surface area contributed by atoms with Crippen molar-refractivity contribution in [3.8, 4) is 0 Å². The number of thioether (sulfide) groups is 1. The van der Waals surface area contributed by atoms with Gasteiger partial charge in [0.2, 0.25) is 5.91 Å². The van der Waals surface area contributed by atoms with Gasteiger partial charge in [0.15, 0.2) is 0 Å². The number of hydrogen-bond acceptors (Lipinski definition) is 3. The molecule has 0 saturated carbocycles. The van der Waals surface area contributed by atoms with E-state index in [-0.39, 0.29) is 17.5 Å². The standard InChI is InChI=1S/C13H16FNO3S/c1-2-11(13(17)18)15-12(16)8-19-7-9-3-5-10(14)6-4-9/h3-6,11H,2,7-8H2,1H3,(H,15,16)(H,17,18)/t11-/m1/s1. The fourth-order valence-electron chi connectivity index (χ4n) is 1.42. The third-order valence-corrected chi connectivity index (χ3v) is 3.46. The normalized spacial score (nSPS) is 11.9. The van der Waals surface area contributed by atoms with Gasteiger partial charge in [-0.1, -0.05) is 19.1 Å². The maximum atomic E-state index is 12.7. The highest BCUT2D eigenvalue weighted by atomic mass is 32.2. The first kappa shape index (κ1) is 15.5. The average molecular weight is 285 g/mol. The number of carboxylic acids is 1. The van der Waals surface area contributed by atoms with E-state index < -0.39 is 12.0 Å². The van der Waals surface area contributed by atoms with Gasteiger partial charge in [-0.3, -0.25) is 4.79 Å². The van der Waals surface area contributed by atoms with Crippen LogP contribution in [0.15, 0.2) is 24.3 Å². The minimum atomic E-state index is -1.03. The fourth-order valence-corrected chi connectivity index (χ4v) is 2.22. The van der Waals surface area contributed by atoms with Gasteiger partial charge in [0.05, 0.1) is 5.75 Å². The predicted octanol–water partition coefficient (Wildman–Crippen LogP) is 2.04. The number of amides is 1. The van der Waals surface area contributed by atoms with Gasteiger partial charge in [-0.15, -0.1) is 11.8 Å². The van der Waals surface area contributed by atoms with Crippen LogP contribution in [0.2, 0.25) is 0 Å². The average Bonchev–Trinajstić information content (AvgIpc) is 2.38. The van der Waals surface area contributed by atoms with Crippen molar-refractivity contribution < 1.29 is 19.1 Å². The third kappa shape index (κ3) is 5.74. The Morgan fingerprint density at radius 1 is 1.37 bits per heavy atom. The van der Waals surface area contributed by atoms with Crippen molar-refractivity contribution in [2.45, 2.75) is 25.1 Å². The molecule has 1 aromatic carbocycles. The summed E-state index contributed by atoms with van der Waals surface area (Å²) in [4.78, 5) is 22.2. The van der Waals surface area contributed by atoms with E-state index in [4.69, 9.17) is 5.11 Å². The zero-order chi connectivity index (χ0) is 14.3. The van der Waals surface area contributed by atoms with Gasteiger partial charge >= 0.3 is 5.97 Å². The van der Waals surface area contributed by atoms with Gasteiger partial charge < -0.3 is 10.4 Å². The Bertz CT molecular complexity index is 436. The molecule has 2 N–H and O–H groups in total. The molecule has 0 aliphatic rings. The summed E-state index contributed by atoms with van der Waals surface area (Å²) in [5, 5.41) is 11.2. The van der Waals surface area contributed by atoms with Crippen molar-refractivity contribution in [1.29, 1.82) is 0 Å². The molecule has 0 radical (unpaired) electrons.